The molecule has 1 heterocycles. The normalized spacial score (nSPS) is 27.1. The van der Waals surface area contributed by atoms with Gasteiger partial charge in [0.05, 0.1) is 6.54 Å². The summed E-state index contributed by atoms with van der Waals surface area (Å²) in [6.45, 7) is 4.64. The van der Waals surface area contributed by atoms with E-state index in [9.17, 15) is 4.39 Å². The molecule has 130 valence electrons. The molecule has 0 aromatic heterocycles. The Labute approximate surface area is 143 Å². The fraction of sp³-hybridized carbons (Fsp3) is 0.526. The van der Waals surface area contributed by atoms with Crippen LogP contribution < -0.4 is 16.4 Å². The van der Waals surface area contributed by atoms with Crippen LogP contribution in [0.3, 0.4) is 0 Å². The molecule has 1 aromatic rings. The van der Waals surface area contributed by atoms with Gasteiger partial charge in [0, 0.05) is 5.70 Å². The minimum Gasteiger partial charge on any atom is -0.334 e. The van der Waals surface area contributed by atoms with Crippen LogP contribution in [0.5, 0.6) is 0 Å². The number of nitrogens with zero attached hydrogens (tertiary/aromatic N) is 1. The van der Waals surface area contributed by atoms with Crippen molar-refractivity contribution in [2.45, 2.75) is 58.2 Å². The van der Waals surface area contributed by atoms with E-state index in [4.69, 9.17) is 5.73 Å². The van der Waals surface area contributed by atoms with Gasteiger partial charge in [0.2, 0.25) is 0 Å². The number of rotatable bonds is 3. The van der Waals surface area contributed by atoms with Crippen molar-refractivity contribution >= 4 is 5.96 Å². The smallest absolute Gasteiger partial charge is 0.197 e. The number of guanidine groups is 1. The van der Waals surface area contributed by atoms with Crippen molar-refractivity contribution < 1.29 is 4.39 Å². The van der Waals surface area contributed by atoms with E-state index in [0.717, 1.165) is 29.7 Å². The molecule has 0 amide bonds. The summed E-state index contributed by atoms with van der Waals surface area (Å²) in [7, 11) is 0. The second-order valence-corrected chi connectivity index (χ2v) is 7.00. The van der Waals surface area contributed by atoms with Crippen LogP contribution in [0.1, 0.15) is 51.5 Å². The highest BCUT2D eigenvalue weighted by Gasteiger charge is 2.41. The third kappa shape index (κ3) is 3.46. The van der Waals surface area contributed by atoms with Gasteiger partial charge in [-0.05, 0) is 55.9 Å². The summed E-state index contributed by atoms with van der Waals surface area (Å²) in [5.74, 6) is 0.905. The number of allylic oxidation sites excluding steroid dienone is 1. The summed E-state index contributed by atoms with van der Waals surface area (Å²) in [6.07, 6.45) is 6.09. The Bertz CT molecular complexity index is 644. The van der Waals surface area contributed by atoms with E-state index < -0.39 is 5.66 Å². The number of halogens is 1. The van der Waals surface area contributed by atoms with E-state index in [1.807, 2.05) is 6.92 Å². The molecule has 0 saturated heterocycles. The van der Waals surface area contributed by atoms with Crippen LogP contribution in [-0.2, 0) is 6.54 Å². The van der Waals surface area contributed by atoms with Gasteiger partial charge in [0.1, 0.15) is 11.5 Å². The Morgan fingerprint density at radius 2 is 1.83 bits per heavy atom. The molecule has 5 heteroatoms. The van der Waals surface area contributed by atoms with Gasteiger partial charge in [-0.15, -0.1) is 0 Å². The molecule has 0 bridgehead atoms. The molecule has 0 radical (unpaired) electrons. The summed E-state index contributed by atoms with van der Waals surface area (Å²) >= 11 is 0. The molecule has 24 heavy (non-hydrogen) atoms. The van der Waals surface area contributed by atoms with E-state index >= 15 is 0 Å². The summed E-state index contributed by atoms with van der Waals surface area (Å²) in [6, 6.07) is 6.43. The van der Waals surface area contributed by atoms with Crippen LogP contribution in [-0.4, -0.2) is 11.6 Å². The average Bonchev–Trinajstić information content (AvgIpc) is 2.60. The molecule has 4 nitrogen and oxygen atoms in total. The van der Waals surface area contributed by atoms with E-state index in [2.05, 4.69) is 22.5 Å². The summed E-state index contributed by atoms with van der Waals surface area (Å²) in [5.41, 5.74) is 9.48. The van der Waals surface area contributed by atoms with Crippen LogP contribution in [0.2, 0.25) is 0 Å². The fourth-order valence-corrected chi connectivity index (χ4v) is 3.71. The molecule has 1 aliphatic carbocycles. The first-order valence-corrected chi connectivity index (χ1v) is 8.80. The molecule has 1 unspecified atom stereocenters. The Kier molecular flexibility index (Phi) is 4.90. The molecule has 3 rings (SSSR count). The molecule has 1 aromatic carbocycles. The van der Waals surface area contributed by atoms with Gasteiger partial charge < -0.3 is 16.4 Å². The van der Waals surface area contributed by atoms with Crippen LogP contribution in [0, 0.1) is 11.7 Å². The highest BCUT2D eigenvalue weighted by atomic mass is 19.1. The summed E-state index contributed by atoms with van der Waals surface area (Å²) in [5, 5.41) is 6.75. The zero-order valence-electron chi connectivity index (χ0n) is 14.5. The molecule has 4 N–H and O–H groups in total. The summed E-state index contributed by atoms with van der Waals surface area (Å²) < 4.78 is 13.0. The Hall–Kier alpha value is -1.88. The van der Waals surface area contributed by atoms with Crippen LogP contribution in [0.25, 0.3) is 0 Å². The number of hydrogen-bond acceptors (Lipinski definition) is 2. The highest BCUT2D eigenvalue weighted by Crippen LogP contribution is 2.35. The Morgan fingerprint density at radius 3 is 2.50 bits per heavy atom. The quantitative estimate of drug-likeness (QED) is 0.796. The SMILES string of the molecule is CC1=C(C)C(N)(C2CCCCC2)NC(=NCc2ccc(F)cc2)N1. The molecule has 1 atom stereocenters. The Balaban J connectivity index is 1.78. The molecule has 1 saturated carbocycles. The summed E-state index contributed by atoms with van der Waals surface area (Å²) in [4.78, 5) is 4.62. The minimum atomic E-state index is -0.530. The predicted octanol–water partition coefficient (Wildman–Crippen LogP) is 3.40. The van der Waals surface area contributed by atoms with Crippen LogP contribution >= 0.6 is 0 Å². The monoisotopic (exact) mass is 330 g/mol. The van der Waals surface area contributed by atoms with E-state index in [-0.39, 0.29) is 5.82 Å². The lowest BCUT2D eigenvalue weighted by Gasteiger charge is -2.45. The maximum Gasteiger partial charge on any atom is 0.197 e. The van der Waals surface area contributed by atoms with Crippen molar-refractivity contribution in [3.05, 3.63) is 46.9 Å². The van der Waals surface area contributed by atoms with Gasteiger partial charge in [-0.2, -0.15) is 0 Å². The van der Waals surface area contributed by atoms with Gasteiger partial charge >= 0.3 is 0 Å². The molecule has 1 fully saturated rings. The van der Waals surface area contributed by atoms with E-state index in [1.165, 1.54) is 31.4 Å². The van der Waals surface area contributed by atoms with Gasteiger partial charge in [-0.25, -0.2) is 9.38 Å². The zero-order valence-corrected chi connectivity index (χ0v) is 14.5. The number of aliphatic imine (C=N–C) groups is 1. The van der Waals surface area contributed by atoms with Gasteiger partial charge in [0.25, 0.3) is 0 Å². The van der Waals surface area contributed by atoms with Crippen LogP contribution in [0.4, 0.5) is 4.39 Å². The van der Waals surface area contributed by atoms with Gasteiger partial charge in [-0.3, -0.25) is 0 Å². The van der Waals surface area contributed by atoms with Crippen molar-refractivity contribution in [3.63, 3.8) is 0 Å². The maximum atomic E-state index is 13.0. The van der Waals surface area contributed by atoms with Crippen molar-refractivity contribution in [2.24, 2.45) is 16.6 Å². The van der Waals surface area contributed by atoms with E-state index in [1.54, 1.807) is 12.1 Å². The van der Waals surface area contributed by atoms with Crippen molar-refractivity contribution in [3.8, 4) is 0 Å². The standard InChI is InChI=1S/C19H27FN4/c1-13-14(2)23-18(22-12-15-8-10-17(20)11-9-15)24-19(13,21)16-6-4-3-5-7-16/h8-11,16H,3-7,12,21H2,1-2H3,(H2,22,23,24). The van der Waals surface area contributed by atoms with Gasteiger partial charge in [-0.1, -0.05) is 31.4 Å². The fourth-order valence-electron chi connectivity index (χ4n) is 3.71. The maximum absolute atomic E-state index is 13.0. The second kappa shape index (κ2) is 6.93. The predicted molar refractivity (Wildman–Crippen MR) is 95.7 cm³/mol. The lowest BCUT2D eigenvalue weighted by atomic mass is 9.76. The molecule has 0 spiro atoms. The van der Waals surface area contributed by atoms with Gasteiger partial charge in [0.15, 0.2) is 5.96 Å². The zero-order chi connectivity index (χ0) is 17.2. The average molecular weight is 330 g/mol. The van der Waals surface area contributed by atoms with Crippen molar-refractivity contribution in [1.82, 2.24) is 10.6 Å². The number of benzene rings is 1. The Morgan fingerprint density at radius 1 is 1.17 bits per heavy atom. The third-order valence-corrected chi connectivity index (χ3v) is 5.40. The number of nitrogens with two attached hydrogens (primary N) is 1. The van der Waals surface area contributed by atoms with Crippen LogP contribution in [0.15, 0.2) is 40.5 Å². The lowest BCUT2D eigenvalue weighted by molar-refractivity contribution is 0.215. The lowest BCUT2D eigenvalue weighted by Crippen LogP contribution is -2.67. The first-order valence-electron chi connectivity index (χ1n) is 8.80. The number of hydrogen-bond donors (Lipinski definition) is 3. The second-order valence-electron chi connectivity index (χ2n) is 7.00. The molecular formula is C19H27FN4. The topological polar surface area (TPSA) is 62.4 Å². The molecular weight excluding hydrogens is 303 g/mol. The first-order chi connectivity index (χ1) is 11.5. The minimum absolute atomic E-state index is 0.229. The molecule has 1 aliphatic heterocycles. The third-order valence-electron chi connectivity index (χ3n) is 5.40. The number of nitrogens with one attached hydrogen (secondary N) is 2. The highest BCUT2D eigenvalue weighted by molar-refractivity contribution is 5.84. The molecule has 2 aliphatic rings. The van der Waals surface area contributed by atoms with Crippen molar-refractivity contribution in [1.29, 1.82) is 0 Å². The largest absolute Gasteiger partial charge is 0.334 e. The first kappa shape index (κ1) is 17.0. The van der Waals surface area contributed by atoms with Crippen molar-refractivity contribution in [2.75, 3.05) is 0 Å². The van der Waals surface area contributed by atoms with E-state index in [0.29, 0.717) is 18.4 Å².